The first-order chi connectivity index (χ1) is 10.6. The third-order valence-electron chi connectivity index (χ3n) is 5.01. The SMILES string of the molecule is CC1=C(C)C[C@@]2(C(=O)OCC[Si](C)(C)C)C(=O)C=CC(=O)[C@H]2C1. The van der Waals surface area contributed by atoms with Crippen molar-refractivity contribution < 1.29 is 19.1 Å². The van der Waals surface area contributed by atoms with Crippen LogP contribution in [0.25, 0.3) is 0 Å². The average molecular weight is 334 g/mol. The standard InChI is InChI=1S/C18H26O4Si/c1-12-10-14-15(19)6-7-16(20)18(14,11-13(12)2)17(21)22-8-9-23(3,4)5/h6-7,14H,8-11H2,1-5H3/t14-,18+/m1/s1. The molecule has 0 aromatic rings. The minimum absolute atomic E-state index is 0.140. The number of hydrogen-bond acceptors (Lipinski definition) is 4. The molecule has 0 saturated heterocycles. The van der Waals surface area contributed by atoms with Crippen LogP contribution in [0.2, 0.25) is 25.7 Å². The Morgan fingerprint density at radius 1 is 1.22 bits per heavy atom. The van der Waals surface area contributed by atoms with Crippen LogP contribution in [-0.2, 0) is 19.1 Å². The minimum atomic E-state index is -1.34. The maximum Gasteiger partial charge on any atom is 0.321 e. The van der Waals surface area contributed by atoms with Gasteiger partial charge in [0.2, 0.25) is 0 Å². The summed E-state index contributed by atoms with van der Waals surface area (Å²) in [5.41, 5.74) is 0.770. The van der Waals surface area contributed by atoms with Crippen LogP contribution in [-0.4, -0.2) is 32.2 Å². The van der Waals surface area contributed by atoms with Gasteiger partial charge in [0.25, 0.3) is 0 Å². The molecule has 0 heterocycles. The monoisotopic (exact) mass is 334 g/mol. The Balaban J connectivity index is 2.29. The van der Waals surface area contributed by atoms with E-state index >= 15 is 0 Å². The third kappa shape index (κ3) is 3.39. The zero-order valence-electron chi connectivity index (χ0n) is 14.7. The summed E-state index contributed by atoms with van der Waals surface area (Å²) >= 11 is 0. The van der Waals surface area contributed by atoms with Crippen molar-refractivity contribution in [3.63, 3.8) is 0 Å². The van der Waals surface area contributed by atoms with Crippen molar-refractivity contribution in [2.75, 3.05) is 6.61 Å². The summed E-state index contributed by atoms with van der Waals surface area (Å²) in [5, 5.41) is 0. The Morgan fingerprint density at radius 2 is 1.87 bits per heavy atom. The van der Waals surface area contributed by atoms with Gasteiger partial charge in [-0.1, -0.05) is 30.8 Å². The maximum atomic E-state index is 12.8. The van der Waals surface area contributed by atoms with Crippen molar-refractivity contribution in [3.05, 3.63) is 23.3 Å². The van der Waals surface area contributed by atoms with Crippen LogP contribution in [0.3, 0.4) is 0 Å². The number of fused-ring (bicyclic) bond motifs is 1. The normalized spacial score (nSPS) is 28.0. The van der Waals surface area contributed by atoms with Gasteiger partial charge in [-0.2, -0.15) is 0 Å². The highest BCUT2D eigenvalue weighted by Crippen LogP contribution is 2.48. The van der Waals surface area contributed by atoms with Crippen molar-refractivity contribution >= 4 is 25.6 Å². The van der Waals surface area contributed by atoms with Gasteiger partial charge in [0.1, 0.15) is 5.41 Å². The molecule has 0 aromatic heterocycles. The molecule has 2 atom stereocenters. The van der Waals surface area contributed by atoms with Gasteiger partial charge in [-0.25, -0.2) is 0 Å². The molecule has 0 radical (unpaired) electrons. The first-order valence-corrected chi connectivity index (χ1v) is 11.9. The summed E-state index contributed by atoms with van der Waals surface area (Å²) in [6, 6.07) is 0.852. The Kier molecular flexibility index (Phi) is 4.80. The third-order valence-corrected chi connectivity index (χ3v) is 6.71. The highest BCUT2D eigenvalue weighted by Gasteiger charge is 2.57. The molecular formula is C18H26O4Si. The van der Waals surface area contributed by atoms with Crippen molar-refractivity contribution in [1.29, 1.82) is 0 Å². The predicted molar refractivity (Wildman–Crippen MR) is 91.8 cm³/mol. The number of ether oxygens (including phenoxy) is 1. The molecule has 2 aliphatic carbocycles. The van der Waals surface area contributed by atoms with Crippen molar-refractivity contribution in [2.24, 2.45) is 11.3 Å². The van der Waals surface area contributed by atoms with Crippen LogP contribution in [0, 0.1) is 11.3 Å². The smallest absolute Gasteiger partial charge is 0.321 e. The second-order valence-electron chi connectivity index (χ2n) is 8.01. The molecule has 0 aliphatic heterocycles. The van der Waals surface area contributed by atoms with Gasteiger partial charge in [-0.3, -0.25) is 14.4 Å². The van der Waals surface area contributed by atoms with E-state index in [2.05, 4.69) is 19.6 Å². The van der Waals surface area contributed by atoms with E-state index in [9.17, 15) is 14.4 Å². The lowest BCUT2D eigenvalue weighted by molar-refractivity contribution is -0.166. The second kappa shape index (κ2) is 6.19. The van der Waals surface area contributed by atoms with E-state index in [1.54, 1.807) is 0 Å². The van der Waals surface area contributed by atoms with Crippen LogP contribution in [0.1, 0.15) is 26.7 Å². The molecule has 0 saturated carbocycles. The fourth-order valence-corrected chi connectivity index (χ4v) is 3.98. The van der Waals surface area contributed by atoms with Crippen LogP contribution in [0.4, 0.5) is 0 Å². The topological polar surface area (TPSA) is 60.4 Å². The zero-order chi connectivity index (χ0) is 17.4. The van der Waals surface area contributed by atoms with Crippen molar-refractivity contribution in [1.82, 2.24) is 0 Å². The number of carbonyl (C=O) groups is 3. The Bertz CT molecular complexity index is 609. The summed E-state index contributed by atoms with van der Waals surface area (Å²) in [5.74, 6) is -1.55. The van der Waals surface area contributed by atoms with E-state index in [0.29, 0.717) is 19.4 Å². The summed E-state index contributed by atoms with van der Waals surface area (Å²) < 4.78 is 5.49. The van der Waals surface area contributed by atoms with E-state index in [1.165, 1.54) is 12.2 Å². The second-order valence-corrected chi connectivity index (χ2v) is 13.6. The van der Waals surface area contributed by atoms with Crippen LogP contribution < -0.4 is 0 Å². The Hall–Kier alpha value is -1.49. The molecule has 0 spiro atoms. The molecule has 5 heteroatoms. The lowest BCUT2D eigenvalue weighted by atomic mass is 9.59. The lowest BCUT2D eigenvalue weighted by Crippen LogP contribution is -2.52. The number of esters is 1. The molecule has 0 N–H and O–H groups in total. The van der Waals surface area contributed by atoms with Gasteiger partial charge in [0.05, 0.1) is 6.61 Å². The van der Waals surface area contributed by atoms with E-state index < -0.39 is 25.4 Å². The Labute approximate surface area is 139 Å². The fourth-order valence-electron chi connectivity index (χ4n) is 3.27. The maximum absolute atomic E-state index is 12.8. The molecule has 0 unspecified atom stereocenters. The minimum Gasteiger partial charge on any atom is -0.465 e. The van der Waals surface area contributed by atoms with E-state index in [4.69, 9.17) is 4.74 Å². The molecule has 4 nitrogen and oxygen atoms in total. The van der Waals surface area contributed by atoms with Crippen LogP contribution in [0.5, 0.6) is 0 Å². The molecule has 126 valence electrons. The number of carbonyl (C=O) groups excluding carboxylic acids is 3. The summed E-state index contributed by atoms with van der Waals surface area (Å²) in [6.07, 6.45) is 3.33. The number of allylic oxidation sites excluding steroid dienone is 4. The average Bonchev–Trinajstić information content (AvgIpc) is 2.44. The van der Waals surface area contributed by atoms with Gasteiger partial charge < -0.3 is 4.74 Å². The molecule has 0 aromatic carbocycles. The molecule has 0 fully saturated rings. The number of ketones is 2. The van der Waals surface area contributed by atoms with Gasteiger partial charge in [0.15, 0.2) is 11.6 Å². The van der Waals surface area contributed by atoms with Crippen LogP contribution in [0.15, 0.2) is 23.3 Å². The summed E-state index contributed by atoms with van der Waals surface area (Å²) in [4.78, 5) is 37.7. The highest BCUT2D eigenvalue weighted by molar-refractivity contribution is 6.76. The van der Waals surface area contributed by atoms with E-state index in [0.717, 1.165) is 17.2 Å². The van der Waals surface area contributed by atoms with E-state index in [1.807, 2.05) is 13.8 Å². The molecule has 2 rings (SSSR count). The first kappa shape index (κ1) is 17.9. The highest BCUT2D eigenvalue weighted by atomic mass is 28.3. The van der Waals surface area contributed by atoms with Gasteiger partial charge in [-0.05, 0) is 44.9 Å². The largest absolute Gasteiger partial charge is 0.465 e. The predicted octanol–water partition coefficient (Wildman–Crippen LogP) is 3.31. The van der Waals surface area contributed by atoms with Crippen molar-refractivity contribution in [3.8, 4) is 0 Å². The van der Waals surface area contributed by atoms with Crippen molar-refractivity contribution in [2.45, 2.75) is 52.4 Å². The number of hydrogen-bond donors (Lipinski definition) is 0. The molecule has 2 aliphatic rings. The van der Waals surface area contributed by atoms with E-state index in [-0.39, 0.29) is 11.6 Å². The van der Waals surface area contributed by atoms with Gasteiger partial charge in [0, 0.05) is 14.0 Å². The molecule has 0 amide bonds. The quantitative estimate of drug-likeness (QED) is 0.342. The number of rotatable bonds is 4. The first-order valence-electron chi connectivity index (χ1n) is 8.17. The molecule has 23 heavy (non-hydrogen) atoms. The summed E-state index contributed by atoms with van der Waals surface area (Å²) in [6.45, 7) is 10.8. The molecular weight excluding hydrogens is 308 g/mol. The van der Waals surface area contributed by atoms with Gasteiger partial charge >= 0.3 is 5.97 Å². The summed E-state index contributed by atoms with van der Waals surface area (Å²) in [7, 11) is -1.33. The molecule has 0 bridgehead atoms. The zero-order valence-corrected chi connectivity index (χ0v) is 15.7. The van der Waals surface area contributed by atoms with Crippen LogP contribution >= 0.6 is 0 Å². The van der Waals surface area contributed by atoms with Gasteiger partial charge in [-0.15, -0.1) is 0 Å². The lowest BCUT2D eigenvalue weighted by Gasteiger charge is -2.41. The fraction of sp³-hybridized carbons (Fsp3) is 0.611. The Morgan fingerprint density at radius 3 is 2.48 bits per heavy atom.